The zero-order valence-electron chi connectivity index (χ0n) is 9.46. The summed E-state index contributed by atoms with van der Waals surface area (Å²) in [7, 11) is 0. The standard InChI is InChI=1S/C12H23NO/c1-3-12-9(2)13-11-7-5-4-6-10(11)8-14-12/h9-13H,3-8H2,1-2H3. The number of rotatable bonds is 1. The number of ether oxygens (including phenoxy) is 1. The molecule has 4 atom stereocenters. The van der Waals surface area contributed by atoms with Gasteiger partial charge in [-0.1, -0.05) is 19.8 Å². The van der Waals surface area contributed by atoms with Crippen LogP contribution in [0.2, 0.25) is 0 Å². The second-order valence-electron chi connectivity index (χ2n) is 4.89. The van der Waals surface area contributed by atoms with Crippen molar-refractivity contribution >= 4 is 0 Å². The van der Waals surface area contributed by atoms with Crippen LogP contribution in [0.4, 0.5) is 0 Å². The molecule has 0 spiro atoms. The fourth-order valence-corrected chi connectivity index (χ4v) is 2.93. The van der Waals surface area contributed by atoms with Crippen LogP contribution in [-0.2, 0) is 4.74 Å². The Bertz CT molecular complexity index is 183. The molecule has 2 rings (SSSR count). The molecule has 1 aliphatic carbocycles. The Hall–Kier alpha value is -0.0800. The van der Waals surface area contributed by atoms with Crippen molar-refractivity contribution in [2.24, 2.45) is 5.92 Å². The van der Waals surface area contributed by atoms with Gasteiger partial charge in [0.25, 0.3) is 0 Å². The van der Waals surface area contributed by atoms with E-state index in [9.17, 15) is 0 Å². The van der Waals surface area contributed by atoms with Crippen molar-refractivity contribution in [1.29, 1.82) is 0 Å². The van der Waals surface area contributed by atoms with E-state index >= 15 is 0 Å². The molecule has 0 bridgehead atoms. The Kier molecular flexibility index (Phi) is 3.45. The zero-order valence-corrected chi connectivity index (χ0v) is 9.46. The first-order chi connectivity index (χ1) is 6.81. The molecule has 82 valence electrons. The topological polar surface area (TPSA) is 21.3 Å². The van der Waals surface area contributed by atoms with Crippen LogP contribution in [0, 0.1) is 5.92 Å². The van der Waals surface area contributed by atoms with E-state index in [1.54, 1.807) is 0 Å². The maximum absolute atomic E-state index is 5.97. The van der Waals surface area contributed by atoms with Crippen molar-refractivity contribution in [3.63, 3.8) is 0 Å². The highest BCUT2D eigenvalue weighted by Crippen LogP contribution is 2.28. The van der Waals surface area contributed by atoms with E-state index in [0.717, 1.165) is 25.0 Å². The van der Waals surface area contributed by atoms with Crippen LogP contribution in [0.3, 0.4) is 0 Å². The van der Waals surface area contributed by atoms with E-state index in [2.05, 4.69) is 19.2 Å². The van der Waals surface area contributed by atoms with Gasteiger partial charge in [-0.25, -0.2) is 0 Å². The highest BCUT2D eigenvalue weighted by atomic mass is 16.5. The van der Waals surface area contributed by atoms with Crippen molar-refractivity contribution in [1.82, 2.24) is 5.32 Å². The van der Waals surface area contributed by atoms with Crippen molar-refractivity contribution in [2.45, 2.75) is 64.1 Å². The fraction of sp³-hybridized carbons (Fsp3) is 1.00. The first-order valence-corrected chi connectivity index (χ1v) is 6.19. The number of fused-ring (bicyclic) bond motifs is 1. The Labute approximate surface area is 87.4 Å². The minimum atomic E-state index is 0.431. The third kappa shape index (κ3) is 2.12. The van der Waals surface area contributed by atoms with Gasteiger partial charge >= 0.3 is 0 Å². The van der Waals surface area contributed by atoms with Crippen LogP contribution >= 0.6 is 0 Å². The average Bonchev–Trinajstić information content (AvgIpc) is 2.36. The Morgan fingerprint density at radius 2 is 2.07 bits per heavy atom. The van der Waals surface area contributed by atoms with Gasteiger partial charge in [-0.05, 0) is 32.1 Å². The highest BCUT2D eigenvalue weighted by molar-refractivity contribution is 4.88. The van der Waals surface area contributed by atoms with Crippen LogP contribution in [0.25, 0.3) is 0 Å². The summed E-state index contributed by atoms with van der Waals surface area (Å²) >= 11 is 0. The Balaban J connectivity index is 1.99. The van der Waals surface area contributed by atoms with Crippen LogP contribution in [0.5, 0.6) is 0 Å². The summed E-state index contributed by atoms with van der Waals surface area (Å²) in [6.45, 7) is 5.48. The van der Waals surface area contributed by atoms with E-state index in [1.807, 2.05) is 0 Å². The van der Waals surface area contributed by atoms with Gasteiger partial charge in [0.15, 0.2) is 0 Å². The van der Waals surface area contributed by atoms with E-state index in [4.69, 9.17) is 4.74 Å². The first-order valence-electron chi connectivity index (χ1n) is 6.19. The van der Waals surface area contributed by atoms with Gasteiger partial charge in [0.05, 0.1) is 12.7 Å². The lowest BCUT2D eigenvalue weighted by atomic mass is 9.85. The summed E-state index contributed by atoms with van der Waals surface area (Å²) in [5.41, 5.74) is 0. The third-order valence-corrected chi connectivity index (χ3v) is 3.87. The summed E-state index contributed by atoms with van der Waals surface area (Å²) in [6.07, 6.45) is 7.08. The molecule has 0 radical (unpaired) electrons. The van der Waals surface area contributed by atoms with Crippen LogP contribution in [0.1, 0.15) is 46.0 Å². The van der Waals surface area contributed by atoms with Gasteiger partial charge in [-0.15, -0.1) is 0 Å². The molecule has 1 saturated heterocycles. The van der Waals surface area contributed by atoms with Crippen LogP contribution < -0.4 is 5.32 Å². The first kappa shape index (κ1) is 10.4. The summed E-state index contributed by atoms with van der Waals surface area (Å²) in [6, 6.07) is 1.27. The lowest BCUT2D eigenvalue weighted by molar-refractivity contribution is 0.0254. The van der Waals surface area contributed by atoms with E-state index in [1.165, 1.54) is 25.7 Å². The normalized spacial score (nSPS) is 44.1. The summed E-state index contributed by atoms with van der Waals surface area (Å²) in [5, 5.41) is 3.76. The summed E-state index contributed by atoms with van der Waals surface area (Å²) in [4.78, 5) is 0. The largest absolute Gasteiger partial charge is 0.376 e. The monoisotopic (exact) mass is 197 g/mol. The molecule has 1 saturated carbocycles. The SMILES string of the molecule is CCC1OCC2CCCCC2NC1C. The number of nitrogens with one attached hydrogen (secondary N) is 1. The van der Waals surface area contributed by atoms with E-state index in [0.29, 0.717) is 12.1 Å². The minimum absolute atomic E-state index is 0.431. The van der Waals surface area contributed by atoms with Crippen molar-refractivity contribution in [3.8, 4) is 0 Å². The molecular formula is C12H23NO. The lowest BCUT2D eigenvalue weighted by Crippen LogP contribution is -2.44. The fourth-order valence-electron chi connectivity index (χ4n) is 2.93. The Morgan fingerprint density at radius 1 is 1.29 bits per heavy atom. The molecule has 1 N–H and O–H groups in total. The van der Waals surface area contributed by atoms with Gasteiger partial charge in [0.2, 0.25) is 0 Å². The Morgan fingerprint density at radius 3 is 2.86 bits per heavy atom. The molecule has 0 aromatic carbocycles. The molecule has 1 heterocycles. The van der Waals surface area contributed by atoms with Crippen molar-refractivity contribution in [3.05, 3.63) is 0 Å². The molecular weight excluding hydrogens is 174 g/mol. The summed E-state index contributed by atoms with van der Waals surface area (Å²) < 4.78 is 5.97. The van der Waals surface area contributed by atoms with Gasteiger partial charge in [-0.3, -0.25) is 0 Å². The average molecular weight is 197 g/mol. The van der Waals surface area contributed by atoms with Gasteiger partial charge in [-0.2, -0.15) is 0 Å². The van der Waals surface area contributed by atoms with Gasteiger partial charge < -0.3 is 10.1 Å². The molecule has 2 aliphatic rings. The zero-order chi connectivity index (χ0) is 9.97. The maximum atomic E-state index is 5.97. The van der Waals surface area contributed by atoms with Gasteiger partial charge in [0.1, 0.15) is 0 Å². The van der Waals surface area contributed by atoms with E-state index < -0.39 is 0 Å². The highest BCUT2D eigenvalue weighted by Gasteiger charge is 2.32. The smallest absolute Gasteiger partial charge is 0.0722 e. The molecule has 2 heteroatoms. The molecule has 4 unspecified atom stereocenters. The predicted molar refractivity (Wildman–Crippen MR) is 58.4 cm³/mol. The van der Waals surface area contributed by atoms with Crippen molar-refractivity contribution in [2.75, 3.05) is 6.61 Å². The molecule has 14 heavy (non-hydrogen) atoms. The molecule has 2 nitrogen and oxygen atoms in total. The second kappa shape index (κ2) is 4.63. The molecule has 1 aliphatic heterocycles. The molecule has 0 amide bonds. The quantitative estimate of drug-likeness (QED) is 0.696. The number of hydrogen-bond donors (Lipinski definition) is 1. The molecule has 0 aromatic rings. The summed E-state index contributed by atoms with van der Waals surface area (Å²) in [5.74, 6) is 0.780. The van der Waals surface area contributed by atoms with Gasteiger partial charge in [0, 0.05) is 12.1 Å². The molecule has 2 fully saturated rings. The maximum Gasteiger partial charge on any atom is 0.0722 e. The second-order valence-corrected chi connectivity index (χ2v) is 4.89. The molecule has 0 aromatic heterocycles. The van der Waals surface area contributed by atoms with Crippen molar-refractivity contribution < 1.29 is 4.74 Å². The number of hydrogen-bond acceptors (Lipinski definition) is 2. The van der Waals surface area contributed by atoms with Crippen LogP contribution in [-0.4, -0.2) is 24.8 Å². The third-order valence-electron chi connectivity index (χ3n) is 3.87. The van der Waals surface area contributed by atoms with E-state index in [-0.39, 0.29) is 0 Å². The predicted octanol–water partition coefficient (Wildman–Crippen LogP) is 2.33. The minimum Gasteiger partial charge on any atom is -0.376 e. The van der Waals surface area contributed by atoms with Crippen LogP contribution in [0.15, 0.2) is 0 Å². The lowest BCUT2D eigenvalue weighted by Gasteiger charge is -2.30.